The van der Waals surface area contributed by atoms with Gasteiger partial charge in [-0.2, -0.15) is 0 Å². The minimum atomic E-state index is -0.191. The molecule has 3 N–H and O–H groups in total. The van der Waals surface area contributed by atoms with Gasteiger partial charge in [0.05, 0.1) is 6.54 Å². The van der Waals surface area contributed by atoms with E-state index in [0.29, 0.717) is 13.1 Å². The number of amides is 2. The average Bonchev–Trinajstić information content (AvgIpc) is 3.20. The van der Waals surface area contributed by atoms with Crippen LogP contribution in [0.4, 0.5) is 10.6 Å². The first-order valence-electron chi connectivity index (χ1n) is 10.2. The topological polar surface area (TPSA) is 76.3 Å². The molecule has 3 heterocycles. The third-order valence-electron chi connectivity index (χ3n) is 5.43. The van der Waals surface area contributed by atoms with Gasteiger partial charge in [0.2, 0.25) is 0 Å². The Morgan fingerprint density at radius 2 is 1.86 bits per heavy atom. The normalized spacial score (nSPS) is 14.9. The van der Waals surface area contributed by atoms with E-state index in [-0.39, 0.29) is 6.03 Å². The number of nitrogens with zero attached hydrogens (tertiary/aromatic N) is 3. The minimum absolute atomic E-state index is 0.191. The van der Waals surface area contributed by atoms with Gasteiger partial charge in [0.25, 0.3) is 0 Å². The molecule has 152 valence electrons. The molecule has 0 unspecified atom stereocenters. The average molecular weight is 393 g/mol. The lowest BCUT2D eigenvalue weighted by atomic mass is 10.2. The van der Waals surface area contributed by atoms with Gasteiger partial charge < -0.3 is 25.4 Å². The number of benzene rings is 1. The van der Waals surface area contributed by atoms with Crippen LogP contribution in [0, 0.1) is 0 Å². The maximum absolute atomic E-state index is 12.1. The lowest BCUT2D eigenvalue weighted by molar-refractivity contribution is 0.240. The maximum atomic E-state index is 12.1. The number of H-pyrrole nitrogens is 1. The molecule has 7 nitrogen and oxygen atoms in total. The van der Waals surface area contributed by atoms with E-state index >= 15 is 0 Å². The Kier molecular flexibility index (Phi) is 5.95. The molecular formula is C22H28N6O. The van der Waals surface area contributed by atoms with Gasteiger partial charge in [-0.25, -0.2) is 9.78 Å². The van der Waals surface area contributed by atoms with Gasteiger partial charge in [-0.15, -0.1) is 0 Å². The fraction of sp³-hybridized carbons (Fsp3) is 0.364. The van der Waals surface area contributed by atoms with E-state index in [1.165, 1.54) is 0 Å². The van der Waals surface area contributed by atoms with Crippen molar-refractivity contribution in [1.82, 2.24) is 25.5 Å². The lowest BCUT2D eigenvalue weighted by Crippen LogP contribution is -2.46. The summed E-state index contributed by atoms with van der Waals surface area (Å²) in [5, 5.41) is 6.92. The molecular weight excluding hydrogens is 364 g/mol. The molecule has 1 aromatic carbocycles. The highest BCUT2D eigenvalue weighted by Crippen LogP contribution is 2.15. The van der Waals surface area contributed by atoms with Crippen molar-refractivity contribution in [3.05, 3.63) is 59.9 Å². The monoisotopic (exact) mass is 392 g/mol. The summed E-state index contributed by atoms with van der Waals surface area (Å²) in [5.74, 6) is 1.01. The van der Waals surface area contributed by atoms with Crippen LogP contribution in [-0.2, 0) is 13.1 Å². The van der Waals surface area contributed by atoms with E-state index in [2.05, 4.69) is 49.5 Å². The summed E-state index contributed by atoms with van der Waals surface area (Å²) in [7, 11) is 0. The number of para-hydroxylation sites is 1. The summed E-state index contributed by atoms with van der Waals surface area (Å²) in [6.07, 6.45) is 1.85. The fourth-order valence-corrected chi connectivity index (χ4v) is 3.65. The summed E-state index contributed by atoms with van der Waals surface area (Å²) < 4.78 is 0. The maximum Gasteiger partial charge on any atom is 0.315 e. The summed E-state index contributed by atoms with van der Waals surface area (Å²) >= 11 is 0. The molecule has 7 heteroatoms. The first-order chi connectivity index (χ1) is 14.2. The zero-order valence-electron chi connectivity index (χ0n) is 16.8. The number of likely N-dealkylation sites (N-methyl/N-ethyl adjacent to an activating group) is 1. The fourth-order valence-electron chi connectivity index (χ4n) is 3.65. The number of carbonyl (C=O) groups is 1. The third kappa shape index (κ3) is 4.86. The first-order valence-corrected chi connectivity index (χ1v) is 10.2. The molecule has 1 fully saturated rings. The Morgan fingerprint density at radius 1 is 1.07 bits per heavy atom. The highest BCUT2D eigenvalue weighted by molar-refractivity contribution is 5.80. The van der Waals surface area contributed by atoms with Crippen molar-refractivity contribution >= 4 is 22.8 Å². The van der Waals surface area contributed by atoms with Crippen molar-refractivity contribution in [2.45, 2.75) is 20.0 Å². The molecule has 0 radical (unpaired) electrons. The van der Waals surface area contributed by atoms with Crippen LogP contribution in [0.2, 0.25) is 0 Å². The summed E-state index contributed by atoms with van der Waals surface area (Å²) in [6, 6.07) is 14.0. The van der Waals surface area contributed by atoms with E-state index in [0.717, 1.165) is 60.7 Å². The van der Waals surface area contributed by atoms with Crippen molar-refractivity contribution in [3.8, 4) is 0 Å². The highest BCUT2D eigenvalue weighted by atomic mass is 16.2. The Bertz CT molecular complexity index is 910. The van der Waals surface area contributed by atoms with Crippen molar-refractivity contribution in [3.63, 3.8) is 0 Å². The molecule has 1 aliphatic rings. The molecule has 0 atom stereocenters. The number of fused-ring (bicyclic) bond motifs is 1. The Labute approximate surface area is 171 Å². The van der Waals surface area contributed by atoms with Crippen LogP contribution in [0.5, 0.6) is 0 Å². The Hall–Kier alpha value is -3.06. The highest BCUT2D eigenvalue weighted by Gasteiger charge is 2.16. The molecule has 1 saturated heterocycles. The number of pyridine rings is 1. The van der Waals surface area contributed by atoms with Crippen LogP contribution in [0.15, 0.2) is 48.7 Å². The van der Waals surface area contributed by atoms with Crippen molar-refractivity contribution < 1.29 is 4.79 Å². The van der Waals surface area contributed by atoms with Gasteiger partial charge >= 0.3 is 6.03 Å². The zero-order valence-corrected chi connectivity index (χ0v) is 16.8. The van der Waals surface area contributed by atoms with Crippen LogP contribution in [0.1, 0.15) is 18.2 Å². The molecule has 0 bridgehead atoms. The molecule has 3 aromatic rings. The number of nitrogens with one attached hydrogen (secondary N) is 3. The standard InChI is InChI=1S/C22H28N6O/c1-2-27-9-11-28(12-10-27)21-8-7-17(14-23-21)15-24-22(29)25-16-19-13-18-5-3-4-6-20(18)26-19/h3-8,13-14,26H,2,9-12,15-16H2,1H3,(H2,24,25,29). The van der Waals surface area contributed by atoms with Crippen LogP contribution >= 0.6 is 0 Å². The second kappa shape index (κ2) is 8.96. The van der Waals surface area contributed by atoms with Crippen LogP contribution in [0.3, 0.4) is 0 Å². The number of urea groups is 1. The molecule has 0 spiro atoms. The molecule has 1 aliphatic heterocycles. The van der Waals surface area contributed by atoms with E-state index in [9.17, 15) is 4.79 Å². The minimum Gasteiger partial charge on any atom is -0.357 e. The summed E-state index contributed by atoms with van der Waals surface area (Å²) in [4.78, 5) is 24.8. The van der Waals surface area contributed by atoms with Crippen molar-refractivity contribution in [1.29, 1.82) is 0 Å². The quantitative estimate of drug-likeness (QED) is 0.603. The number of carbonyl (C=O) groups excluding carboxylic acids is 1. The molecule has 0 aliphatic carbocycles. The van der Waals surface area contributed by atoms with Crippen LogP contribution in [-0.4, -0.2) is 53.6 Å². The van der Waals surface area contributed by atoms with Crippen molar-refractivity contribution in [2.75, 3.05) is 37.6 Å². The SMILES string of the molecule is CCN1CCN(c2ccc(CNC(=O)NCc3cc4ccccc4[nH]3)cn2)CC1. The van der Waals surface area contributed by atoms with Gasteiger partial charge in [0, 0.05) is 50.1 Å². The number of rotatable bonds is 6. The number of piperazine rings is 1. The van der Waals surface area contributed by atoms with Gasteiger partial charge in [-0.3, -0.25) is 0 Å². The summed E-state index contributed by atoms with van der Waals surface area (Å²) in [6.45, 7) is 8.40. The van der Waals surface area contributed by atoms with E-state index in [4.69, 9.17) is 0 Å². The van der Waals surface area contributed by atoms with Crippen LogP contribution < -0.4 is 15.5 Å². The van der Waals surface area contributed by atoms with Crippen molar-refractivity contribution in [2.24, 2.45) is 0 Å². The van der Waals surface area contributed by atoms with Gasteiger partial charge in [-0.1, -0.05) is 31.2 Å². The molecule has 0 saturated carbocycles. The number of hydrogen-bond acceptors (Lipinski definition) is 4. The Balaban J connectivity index is 1.23. The molecule has 4 rings (SSSR count). The Morgan fingerprint density at radius 3 is 2.59 bits per heavy atom. The predicted octanol–water partition coefficient (Wildman–Crippen LogP) is 2.70. The third-order valence-corrected chi connectivity index (χ3v) is 5.43. The number of aromatic amines is 1. The second-order valence-electron chi connectivity index (χ2n) is 7.36. The van der Waals surface area contributed by atoms with Crippen LogP contribution in [0.25, 0.3) is 10.9 Å². The number of hydrogen-bond donors (Lipinski definition) is 3. The molecule has 29 heavy (non-hydrogen) atoms. The van der Waals surface area contributed by atoms with E-state index in [1.807, 2.05) is 36.5 Å². The van der Waals surface area contributed by atoms with Gasteiger partial charge in [0.15, 0.2) is 0 Å². The first kappa shape index (κ1) is 19.3. The van der Waals surface area contributed by atoms with E-state index < -0.39 is 0 Å². The molecule has 2 amide bonds. The second-order valence-corrected chi connectivity index (χ2v) is 7.36. The predicted molar refractivity (Wildman–Crippen MR) is 116 cm³/mol. The van der Waals surface area contributed by atoms with Gasteiger partial charge in [0.1, 0.15) is 5.82 Å². The van der Waals surface area contributed by atoms with E-state index in [1.54, 1.807) is 0 Å². The zero-order chi connectivity index (χ0) is 20.1. The number of aromatic nitrogens is 2. The number of anilines is 1. The summed E-state index contributed by atoms with van der Waals surface area (Å²) in [5.41, 5.74) is 3.05. The lowest BCUT2D eigenvalue weighted by Gasteiger charge is -2.34. The molecule has 2 aromatic heterocycles. The largest absolute Gasteiger partial charge is 0.357 e. The van der Waals surface area contributed by atoms with Gasteiger partial charge in [-0.05, 0) is 35.7 Å². The smallest absolute Gasteiger partial charge is 0.315 e.